The highest BCUT2D eigenvalue weighted by Gasteiger charge is 2.47. The number of ether oxygens (including phenoxy) is 7. The van der Waals surface area contributed by atoms with Crippen LogP contribution in [0.3, 0.4) is 0 Å². The Balaban J connectivity index is 0.998. The summed E-state index contributed by atoms with van der Waals surface area (Å²) in [5.41, 5.74) is 0.676. The molecule has 4 aliphatic rings. The van der Waals surface area contributed by atoms with Gasteiger partial charge in [0, 0.05) is 79.8 Å². The Hall–Kier alpha value is -11.5. The Labute approximate surface area is 537 Å². The van der Waals surface area contributed by atoms with Crippen LogP contribution in [0.1, 0.15) is 69.1 Å². The number of hydrogen-bond donors (Lipinski definition) is 3. The van der Waals surface area contributed by atoms with E-state index in [-0.39, 0.29) is 112 Å². The average molecular weight is 1250 g/mol. The van der Waals surface area contributed by atoms with Crippen molar-refractivity contribution >= 4 is 95.9 Å². The third kappa shape index (κ3) is 10.9. The minimum absolute atomic E-state index is 0.00303. The van der Waals surface area contributed by atoms with E-state index in [0.29, 0.717) is 60.8 Å². The number of para-hydroxylation sites is 4. The molecule has 4 unspecified atom stereocenters. The molecule has 4 atom stereocenters. The molecule has 15 rings (SSSR count). The maximum Gasteiger partial charge on any atom is 0.262 e. The smallest absolute Gasteiger partial charge is 0.262 e. The van der Waals surface area contributed by atoms with Crippen molar-refractivity contribution in [3.05, 3.63) is 205 Å². The van der Waals surface area contributed by atoms with Crippen molar-refractivity contribution < 1.29 is 61.9 Å². The maximum absolute atomic E-state index is 16.1. The summed E-state index contributed by atoms with van der Waals surface area (Å²) in [6, 6.07) is 45.6. The second kappa shape index (κ2) is 24.0. The van der Waals surface area contributed by atoms with Crippen LogP contribution in [0, 0.1) is 11.8 Å². The second-order valence-corrected chi connectivity index (χ2v) is 24.1. The number of nitrogens with zero attached hydrogens (tertiary/aromatic N) is 4. The number of aromatic nitrogens is 2. The normalized spacial score (nSPS) is 16.2. The van der Waals surface area contributed by atoms with Gasteiger partial charge in [0.15, 0.2) is 0 Å². The zero-order chi connectivity index (χ0) is 64.5. The molecule has 20 heteroatoms. The fraction of sp³-hybridized carbons (Fsp3) is 0.189. The number of carbonyl (C=O) groups excluding carboxylic acids is 6. The van der Waals surface area contributed by atoms with Gasteiger partial charge in [-0.1, -0.05) is 100 Å². The van der Waals surface area contributed by atoms with E-state index in [2.05, 4.69) is 25.9 Å². The van der Waals surface area contributed by atoms with Gasteiger partial charge in [-0.25, -0.2) is 9.97 Å². The Morgan fingerprint density at radius 2 is 0.798 bits per heavy atom. The summed E-state index contributed by atoms with van der Waals surface area (Å²) in [5.74, 6) is -3.43. The largest absolute Gasteiger partial charge is 0.491 e. The predicted octanol–water partition coefficient (Wildman–Crippen LogP) is 13.8. The van der Waals surface area contributed by atoms with E-state index in [1.807, 2.05) is 24.3 Å². The third-order valence-electron chi connectivity index (χ3n) is 17.0. The lowest BCUT2D eigenvalue weighted by Crippen LogP contribution is -2.54. The number of benzene rings is 9. The molecule has 20 nitrogen and oxygen atoms in total. The SMILES string of the molecule is CC(C)C(C(=O)Nc1cc(NCC2CO2)ccn1)N1C(=O)c2cc(Oc3ccccc3)c3c4c(Oc5ccccc5)cc5c6c(cc(Oc7ccccc7)c(c7c(Oc8ccccc8)cc(c2c37)C1=O)c64)C(=O)N(C(C(=O)Nc1cc(OCC2CO2)ccn1)C(C)C)C5=O. The summed E-state index contributed by atoms with van der Waals surface area (Å²) in [7, 11) is 0. The van der Waals surface area contributed by atoms with E-state index >= 15 is 19.2 Å². The van der Waals surface area contributed by atoms with E-state index in [1.165, 1.54) is 6.20 Å². The number of epoxide rings is 2. The number of imide groups is 2. The van der Waals surface area contributed by atoms with Gasteiger partial charge in [0.25, 0.3) is 23.6 Å². The molecule has 0 bridgehead atoms. The molecule has 0 aliphatic carbocycles. The summed E-state index contributed by atoms with van der Waals surface area (Å²) in [6.45, 7) is 9.06. The fourth-order valence-electron chi connectivity index (χ4n) is 12.6. The first-order chi connectivity index (χ1) is 45.7. The van der Waals surface area contributed by atoms with Gasteiger partial charge in [0.1, 0.15) is 88.2 Å². The van der Waals surface area contributed by atoms with Crippen molar-refractivity contribution in [3.8, 4) is 51.7 Å². The molecule has 2 fully saturated rings. The Bertz CT molecular complexity index is 4360. The number of hydrogen-bond acceptors (Lipinski definition) is 16. The van der Waals surface area contributed by atoms with Gasteiger partial charge in [-0.05, 0) is 96.8 Å². The molecule has 0 radical (unpaired) electrons. The highest BCUT2D eigenvalue weighted by atomic mass is 16.6. The Morgan fingerprint density at radius 1 is 0.447 bits per heavy atom. The number of amides is 6. The van der Waals surface area contributed by atoms with Gasteiger partial charge >= 0.3 is 0 Å². The molecule has 94 heavy (non-hydrogen) atoms. The number of carbonyl (C=O) groups is 6. The van der Waals surface area contributed by atoms with Gasteiger partial charge in [-0.2, -0.15) is 0 Å². The minimum atomic E-state index is -1.42. The lowest BCUT2D eigenvalue weighted by molar-refractivity contribution is -0.121. The second-order valence-electron chi connectivity index (χ2n) is 24.1. The van der Waals surface area contributed by atoms with E-state index in [9.17, 15) is 9.59 Å². The molecule has 11 aromatic rings. The Kier molecular flexibility index (Phi) is 15.0. The average Bonchev–Trinajstić information content (AvgIpc) is 1.45. The highest BCUT2D eigenvalue weighted by Crippen LogP contribution is 2.58. The summed E-state index contributed by atoms with van der Waals surface area (Å²) in [6.07, 6.45) is 3.07. The predicted molar refractivity (Wildman–Crippen MR) is 351 cm³/mol. The lowest BCUT2D eigenvalue weighted by atomic mass is 9.80. The number of nitrogens with one attached hydrogen (secondary N) is 3. The minimum Gasteiger partial charge on any atom is -0.491 e. The molecule has 2 saturated heterocycles. The zero-order valence-electron chi connectivity index (χ0n) is 51.2. The summed E-state index contributed by atoms with van der Waals surface area (Å²) in [5, 5.41) is 11.1. The quantitative estimate of drug-likeness (QED) is 0.0247. The van der Waals surface area contributed by atoms with Crippen LogP contribution in [0.2, 0.25) is 0 Å². The van der Waals surface area contributed by atoms with Gasteiger partial charge < -0.3 is 49.1 Å². The molecule has 3 N–H and O–H groups in total. The van der Waals surface area contributed by atoms with Crippen molar-refractivity contribution in [3.63, 3.8) is 0 Å². The first kappa shape index (κ1) is 58.9. The molecule has 9 aromatic carbocycles. The number of pyridine rings is 2. The first-order valence-electron chi connectivity index (χ1n) is 30.9. The summed E-state index contributed by atoms with van der Waals surface area (Å²) >= 11 is 0. The van der Waals surface area contributed by atoms with Crippen LogP contribution >= 0.6 is 0 Å². The van der Waals surface area contributed by atoms with Gasteiger partial charge in [0.05, 0.1) is 41.6 Å². The third-order valence-corrected chi connectivity index (χ3v) is 17.0. The van der Waals surface area contributed by atoms with Gasteiger partial charge in [-0.3, -0.25) is 38.6 Å². The number of rotatable bonds is 22. The lowest BCUT2D eigenvalue weighted by Gasteiger charge is -2.37. The Morgan fingerprint density at radius 3 is 1.15 bits per heavy atom. The number of fused-ring (bicyclic) bond motifs is 2. The zero-order valence-corrected chi connectivity index (χ0v) is 51.2. The van der Waals surface area contributed by atoms with E-state index in [1.54, 1.807) is 179 Å². The van der Waals surface area contributed by atoms with E-state index < -0.39 is 59.4 Å². The molecule has 468 valence electrons. The van der Waals surface area contributed by atoms with Crippen molar-refractivity contribution in [1.82, 2.24) is 19.8 Å². The maximum atomic E-state index is 16.1. The topological polar surface area (TPSA) is 242 Å². The molecule has 6 heterocycles. The fourth-order valence-corrected chi connectivity index (χ4v) is 12.6. The molecule has 0 saturated carbocycles. The van der Waals surface area contributed by atoms with Crippen LogP contribution in [0.5, 0.6) is 51.7 Å². The van der Waals surface area contributed by atoms with Crippen molar-refractivity contribution in [2.45, 2.75) is 52.0 Å². The molecule has 4 aliphatic heterocycles. The molecule has 0 spiro atoms. The monoisotopic (exact) mass is 1250 g/mol. The van der Waals surface area contributed by atoms with Crippen LogP contribution < -0.4 is 39.6 Å². The van der Waals surface area contributed by atoms with Crippen molar-refractivity contribution in [2.75, 3.05) is 42.3 Å². The summed E-state index contributed by atoms with van der Waals surface area (Å²) in [4.78, 5) is 105. The van der Waals surface area contributed by atoms with E-state index in [0.717, 1.165) is 9.80 Å². The van der Waals surface area contributed by atoms with Crippen LogP contribution in [0.15, 0.2) is 182 Å². The summed E-state index contributed by atoms with van der Waals surface area (Å²) < 4.78 is 44.9. The standard InChI is InChI=1S/C74H59N7O13/c1-39(2)67(69(82)78-57-29-41(25-27-75-57)77-35-47-36-89-47)80-71(84)49-31-53(91-42-17-9-5-10-18-42)61-63-55(93-44-21-13-7-14-22-44)33-51-60-52(74(87)81(73(51)86)68(40(3)4)70(83)79-58-30-46(26-28-76-58)88-37-48-38-90-48)34-56(94-45-23-15-8-16-24-45)64(66(60)63)62-54(92-43-19-11-6-12-20-43)32-50(72(80)85)59(49)65(61)62/h5-34,39-40,47-48,67-68H,35-38H2,1-4H3,(H,76,79,83)(H2,75,77,78,82). The van der Waals surface area contributed by atoms with Crippen molar-refractivity contribution in [2.24, 2.45) is 11.8 Å². The van der Waals surface area contributed by atoms with Crippen LogP contribution in [0.4, 0.5) is 17.3 Å². The molecule has 6 amide bonds. The molecular weight excluding hydrogens is 1190 g/mol. The highest BCUT2D eigenvalue weighted by molar-refractivity contribution is 6.45. The van der Waals surface area contributed by atoms with E-state index in [4.69, 9.17) is 33.2 Å². The van der Waals surface area contributed by atoms with Gasteiger partial charge in [0.2, 0.25) is 11.8 Å². The first-order valence-corrected chi connectivity index (χ1v) is 30.9. The van der Waals surface area contributed by atoms with Gasteiger partial charge in [-0.15, -0.1) is 0 Å². The van der Waals surface area contributed by atoms with Crippen molar-refractivity contribution in [1.29, 1.82) is 0 Å². The number of anilines is 3. The molecular formula is C74H59N7O13. The van der Waals surface area contributed by atoms with Crippen LogP contribution in [-0.2, 0) is 19.1 Å². The molecule has 2 aromatic heterocycles. The van der Waals surface area contributed by atoms with Crippen LogP contribution in [-0.4, -0.2) is 106 Å². The van der Waals surface area contributed by atoms with Crippen LogP contribution in [0.25, 0.3) is 43.1 Å².